The Morgan fingerprint density at radius 3 is 2.46 bits per heavy atom. The topological polar surface area (TPSA) is 89.0 Å². The highest BCUT2D eigenvalue weighted by Gasteiger charge is 2.48. The molecule has 7 nitrogen and oxygen atoms in total. The number of ketones is 1. The number of aromatic nitrogens is 1. The van der Waals surface area contributed by atoms with Crippen LogP contribution in [0, 0.1) is 0 Å². The zero-order valence-corrected chi connectivity index (χ0v) is 21.7. The smallest absolute Gasteiger partial charge is 0.301 e. The Bertz CT molecular complexity index is 1550. The number of nitrogens with zero attached hydrogens (tertiary/aromatic N) is 2. The fourth-order valence-electron chi connectivity index (χ4n) is 4.33. The quantitative estimate of drug-likeness (QED) is 0.168. The minimum Gasteiger partial charge on any atom is -0.507 e. The van der Waals surface area contributed by atoms with Gasteiger partial charge in [0.2, 0.25) is 0 Å². The van der Waals surface area contributed by atoms with Gasteiger partial charge in [-0.1, -0.05) is 47.2 Å². The molecular weight excluding hydrogens is 512 g/mol. The van der Waals surface area contributed by atoms with Crippen molar-refractivity contribution in [3.8, 4) is 11.5 Å². The van der Waals surface area contributed by atoms with Gasteiger partial charge in [-0.15, -0.1) is 0 Å². The molecule has 37 heavy (non-hydrogen) atoms. The lowest BCUT2D eigenvalue weighted by atomic mass is 9.95. The average molecular weight is 535 g/mol. The lowest BCUT2D eigenvalue weighted by molar-refractivity contribution is -0.132. The molecule has 9 heteroatoms. The molecule has 1 saturated heterocycles. The van der Waals surface area contributed by atoms with Gasteiger partial charge in [-0.3, -0.25) is 14.5 Å². The first-order valence-corrected chi connectivity index (χ1v) is 12.9. The maximum atomic E-state index is 13.5. The number of anilines is 1. The van der Waals surface area contributed by atoms with Gasteiger partial charge in [0.05, 0.1) is 35.0 Å². The number of aliphatic hydroxyl groups excluding tert-OH is 1. The molecule has 188 valence electrons. The van der Waals surface area contributed by atoms with Crippen molar-refractivity contribution in [2.75, 3.05) is 18.1 Å². The fraction of sp³-hybridized carbons (Fsp3) is 0.179. The Kier molecular flexibility index (Phi) is 6.86. The van der Waals surface area contributed by atoms with Gasteiger partial charge < -0.3 is 14.6 Å². The number of ether oxygens (including phenoxy) is 2. The van der Waals surface area contributed by atoms with Crippen molar-refractivity contribution in [2.45, 2.75) is 19.9 Å². The van der Waals surface area contributed by atoms with E-state index in [1.54, 1.807) is 48.5 Å². The van der Waals surface area contributed by atoms with Crippen molar-refractivity contribution in [1.29, 1.82) is 0 Å². The summed E-state index contributed by atoms with van der Waals surface area (Å²) >= 11 is 7.56. The maximum Gasteiger partial charge on any atom is 0.301 e. The number of carbonyl (C=O) groups excluding carboxylic acids is 2. The van der Waals surface area contributed by atoms with E-state index in [1.807, 2.05) is 32.0 Å². The zero-order chi connectivity index (χ0) is 26.1. The molecule has 1 amide bonds. The molecule has 4 aromatic rings. The molecule has 1 unspecified atom stereocenters. The van der Waals surface area contributed by atoms with Gasteiger partial charge in [0.25, 0.3) is 5.78 Å². The molecule has 1 aliphatic rings. The molecule has 0 radical (unpaired) electrons. The molecule has 0 aliphatic carbocycles. The van der Waals surface area contributed by atoms with E-state index >= 15 is 0 Å². The Hall–Kier alpha value is -3.88. The number of hydrogen-bond acceptors (Lipinski definition) is 7. The molecule has 0 bridgehead atoms. The van der Waals surface area contributed by atoms with E-state index in [0.717, 1.165) is 4.70 Å². The van der Waals surface area contributed by atoms with E-state index in [0.29, 0.717) is 51.5 Å². The lowest BCUT2D eigenvalue weighted by Crippen LogP contribution is -2.29. The van der Waals surface area contributed by atoms with Crippen LogP contribution in [0.15, 0.2) is 72.3 Å². The second-order valence-corrected chi connectivity index (χ2v) is 9.69. The molecular formula is C28H23ClN2O5S. The minimum atomic E-state index is -0.929. The molecule has 3 aromatic carbocycles. The number of rotatable bonds is 7. The fourth-order valence-corrected chi connectivity index (χ4v) is 5.55. The number of halogens is 1. The van der Waals surface area contributed by atoms with Crippen LogP contribution in [0.5, 0.6) is 11.5 Å². The number of fused-ring (bicyclic) bond motifs is 1. The van der Waals surface area contributed by atoms with Crippen LogP contribution in [0.2, 0.25) is 5.02 Å². The summed E-state index contributed by atoms with van der Waals surface area (Å²) in [6, 6.07) is 18.2. The third-order valence-electron chi connectivity index (χ3n) is 5.89. The average Bonchev–Trinajstić information content (AvgIpc) is 3.42. The molecule has 1 N–H and O–H groups in total. The van der Waals surface area contributed by atoms with Gasteiger partial charge in [-0.05, 0) is 61.9 Å². The summed E-state index contributed by atoms with van der Waals surface area (Å²) in [5.74, 6) is -0.661. The van der Waals surface area contributed by atoms with Crippen LogP contribution in [0.1, 0.15) is 31.0 Å². The molecule has 2 heterocycles. The molecule has 1 fully saturated rings. The predicted octanol–water partition coefficient (Wildman–Crippen LogP) is 6.37. The third-order valence-corrected chi connectivity index (χ3v) is 7.15. The normalized spacial score (nSPS) is 16.9. The Morgan fingerprint density at radius 1 is 1.00 bits per heavy atom. The van der Waals surface area contributed by atoms with E-state index in [-0.39, 0.29) is 11.3 Å². The molecule has 1 aliphatic heterocycles. The minimum absolute atomic E-state index is 0.0461. The van der Waals surface area contributed by atoms with Crippen molar-refractivity contribution in [3.05, 3.63) is 88.5 Å². The third kappa shape index (κ3) is 4.65. The number of Topliss-reactive ketones (excluding diaryl/α,β-unsaturated/α-hetero) is 1. The van der Waals surface area contributed by atoms with Gasteiger partial charge in [-0.25, -0.2) is 4.98 Å². The van der Waals surface area contributed by atoms with Crippen LogP contribution < -0.4 is 14.4 Å². The highest BCUT2D eigenvalue weighted by Crippen LogP contribution is 2.45. The number of thiazole rings is 1. The van der Waals surface area contributed by atoms with E-state index in [9.17, 15) is 14.7 Å². The van der Waals surface area contributed by atoms with Crippen molar-refractivity contribution in [3.63, 3.8) is 0 Å². The van der Waals surface area contributed by atoms with Crippen molar-refractivity contribution >= 4 is 55.7 Å². The maximum absolute atomic E-state index is 13.5. The SMILES string of the molecule is CCOc1cccc(C(O)=C2C(=O)C(=O)N(c3nc4ccc(OCC)cc4s3)C2c2cccc(Cl)c2)c1. The van der Waals surface area contributed by atoms with E-state index in [4.69, 9.17) is 21.1 Å². The summed E-state index contributed by atoms with van der Waals surface area (Å²) < 4.78 is 12.0. The summed E-state index contributed by atoms with van der Waals surface area (Å²) in [5.41, 5.74) is 1.56. The van der Waals surface area contributed by atoms with E-state index in [2.05, 4.69) is 4.98 Å². The van der Waals surface area contributed by atoms with Gasteiger partial charge in [0.15, 0.2) is 5.13 Å². The summed E-state index contributed by atoms with van der Waals surface area (Å²) in [6.07, 6.45) is 0. The van der Waals surface area contributed by atoms with Crippen LogP contribution in [0.4, 0.5) is 5.13 Å². The monoisotopic (exact) mass is 534 g/mol. The number of aliphatic hydroxyl groups is 1. The Morgan fingerprint density at radius 2 is 1.73 bits per heavy atom. The Balaban J connectivity index is 1.68. The van der Waals surface area contributed by atoms with Crippen molar-refractivity contribution in [2.24, 2.45) is 0 Å². The second kappa shape index (κ2) is 10.2. The van der Waals surface area contributed by atoms with Crippen molar-refractivity contribution in [1.82, 2.24) is 4.98 Å². The van der Waals surface area contributed by atoms with Crippen molar-refractivity contribution < 1.29 is 24.2 Å². The van der Waals surface area contributed by atoms with Gasteiger partial charge in [0.1, 0.15) is 17.3 Å². The highest BCUT2D eigenvalue weighted by molar-refractivity contribution is 7.22. The Labute approximate surface area is 222 Å². The first-order valence-electron chi connectivity index (χ1n) is 11.7. The van der Waals surface area contributed by atoms with Crippen LogP contribution in [0.25, 0.3) is 16.0 Å². The van der Waals surface area contributed by atoms with Crippen LogP contribution >= 0.6 is 22.9 Å². The lowest BCUT2D eigenvalue weighted by Gasteiger charge is -2.23. The van der Waals surface area contributed by atoms with E-state index < -0.39 is 17.7 Å². The summed E-state index contributed by atoms with van der Waals surface area (Å²) in [4.78, 5) is 32.8. The number of amides is 1. The molecule has 1 aromatic heterocycles. The largest absolute Gasteiger partial charge is 0.507 e. The van der Waals surface area contributed by atoms with Gasteiger partial charge >= 0.3 is 5.91 Å². The van der Waals surface area contributed by atoms with Gasteiger partial charge in [-0.2, -0.15) is 0 Å². The summed E-state index contributed by atoms with van der Waals surface area (Å²) in [5, 5.41) is 12.1. The molecule has 0 saturated carbocycles. The summed E-state index contributed by atoms with van der Waals surface area (Å²) in [7, 11) is 0. The standard InChI is InChI=1S/C28H23ClN2O5S/c1-3-35-19-10-6-8-17(14-19)25(32)23-24(16-7-5-9-18(29)13-16)31(27(34)26(23)33)28-30-21-12-11-20(36-4-2)15-22(21)37-28/h5-15,24,32H,3-4H2,1-2H3. The van der Waals surface area contributed by atoms with E-state index in [1.165, 1.54) is 16.2 Å². The van der Waals surface area contributed by atoms with Crippen LogP contribution in [-0.4, -0.2) is 35.0 Å². The first-order chi connectivity index (χ1) is 17.9. The number of hydrogen-bond donors (Lipinski definition) is 1. The van der Waals surface area contributed by atoms with Crippen LogP contribution in [-0.2, 0) is 9.59 Å². The van der Waals surface area contributed by atoms with Gasteiger partial charge in [0, 0.05) is 10.6 Å². The molecule has 5 rings (SSSR count). The predicted molar refractivity (Wildman–Crippen MR) is 145 cm³/mol. The second-order valence-electron chi connectivity index (χ2n) is 8.24. The highest BCUT2D eigenvalue weighted by atomic mass is 35.5. The zero-order valence-electron chi connectivity index (χ0n) is 20.1. The summed E-state index contributed by atoms with van der Waals surface area (Å²) in [6.45, 7) is 4.72. The molecule has 0 spiro atoms. The number of carbonyl (C=O) groups is 2. The first kappa shape index (κ1) is 24.8. The number of benzene rings is 3. The molecule has 1 atom stereocenters. The van der Waals surface area contributed by atoms with Crippen LogP contribution in [0.3, 0.4) is 0 Å².